The molecule has 0 aliphatic carbocycles. The predicted molar refractivity (Wildman–Crippen MR) is 109 cm³/mol. The zero-order chi connectivity index (χ0) is 19.5. The molecule has 0 spiro atoms. The average Bonchev–Trinajstić information content (AvgIpc) is 3.30. The van der Waals surface area contributed by atoms with E-state index in [2.05, 4.69) is 10.4 Å². The van der Waals surface area contributed by atoms with Crippen LogP contribution in [-0.4, -0.2) is 20.6 Å². The molecule has 0 radical (unpaired) electrons. The van der Waals surface area contributed by atoms with Gasteiger partial charge in [-0.3, -0.25) is 14.9 Å². The van der Waals surface area contributed by atoms with Crippen LogP contribution in [0.3, 0.4) is 0 Å². The molecule has 1 N–H and O–H groups in total. The number of hydrogen-bond donors (Lipinski definition) is 1. The number of hydrogen-bond acceptors (Lipinski definition) is 5. The van der Waals surface area contributed by atoms with E-state index in [1.807, 2.05) is 30.3 Å². The summed E-state index contributed by atoms with van der Waals surface area (Å²) in [5.74, 6) is 1.89. The zero-order valence-corrected chi connectivity index (χ0v) is 15.6. The van der Waals surface area contributed by atoms with Crippen molar-refractivity contribution >= 4 is 35.3 Å². The van der Waals surface area contributed by atoms with Crippen LogP contribution in [0.5, 0.6) is 0 Å². The van der Waals surface area contributed by atoms with E-state index < -0.39 is 4.92 Å². The Morgan fingerprint density at radius 2 is 1.89 bits per heavy atom. The minimum absolute atomic E-state index is 0.00961. The lowest BCUT2D eigenvalue weighted by molar-refractivity contribution is -0.384. The molecule has 1 aromatic heterocycles. The lowest BCUT2D eigenvalue weighted by Gasteiger charge is -2.09. The van der Waals surface area contributed by atoms with E-state index in [9.17, 15) is 14.9 Å². The fourth-order valence-electron chi connectivity index (χ4n) is 2.94. The topological polar surface area (TPSA) is 90.1 Å². The number of rotatable bonds is 5. The third kappa shape index (κ3) is 3.67. The summed E-state index contributed by atoms with van der Waals surface area (Å²) in [6.07, 6.45) is 3.23. The second-order valence-corrected chi connectivity index (χ2v) is 7.17. The van der Waals surface area contributed by atoms with Gasteiger partial charge in [-0.1, -0.05) is 30.3 Å². The van der Waals surface area contributed by atoms with Gasteiger partial charge in [0.25, 0.3) is 5.69 Å². The molecule has 1 aliphatic heterocycles. The van der Waals surface area contributed by atoms with Gasteiger partial charge in [0.15, 0.2) is 0 Å². The molecule has 1 amide bonds. The quantitative estimate of drug-likeness (QED) is 0.400. The van der Waals surface area contributed by atoms with Crippen LogP contribution in [0.25, 0.3) is 11.8 Å². The molecular formula is C20H16N4O3S. The monoisotopic (exact) mass is 392 g/mol. The number of carbonyl (C=O) groups is 1. The average molecular weight is 392 g/mol. The summed E-state index contributed by atoms with van der Waals surface area (Å²) in [6, 6.07) is 15.7. The number of amides is 1. The summed E-state index contributed by atoms with van der Waals surface area (Å²) in [4.78, 5) is 22.9. The SMILES string of the molecule is O=C(/C=C/c1ccccc1)Nc1c2c(nn1-c1ccc([N+](=O)[O-])cc1)CSC2. The first-order chi connectivity index (χ1) is 13.6. The van der Waals surface area contributed by atoms with Crippen molar-refractivity contribution in [3.63, 3.8) is 0 Å². The third-order valence-electron chi connectivity index (χ3n) is 4.33. The van der Waals surface area contributed by atoms with Crippen molar-refractivity contribution in [2.45, 2.75) is 11.5 Å². The van der Waals surface area contributed by atoms with Crippen molar-refractivity contribution in [3.8, 4) is 5.69 Å². The van der Waals surface area contributed by atoms with Gasteiger partial charge >= 0.3 is 0 Å². The van der Waals surface area contributed by atoms with Crippen LogP contribution in [0.4, 0.5) is 11.5 Å². The number of non-ortho nitro benzene ring substituents is 1. The number of fused-ring (bicyclic) bond motifs is 1. The van der Waals surface area contributed by atoms with E-state index in [0.29, 0.717) is 11.5 Å². The van der Waals surface area contributed by atoms with Gasteiger partial charge in [0, 0.05) is 35.3 Å². The molecular weight excluding hydrogens is 376 g/mol. The van der Waals surface area contributed by atoms with E-state index in [1.165, 1.54) is 18.2 Å². The fourth-order valence-corrected chi connectivity index (χ4v) is 3.97. The van der Waals surface area contributed by atoms with Gasteiger partial charge in [-0.05, 0) is 23.8 Å². The summed E-state index contributed by atoms with van der Waals surface area (Å²) >= 11 is 1.74. The van der Waals surface area contributed by atoms with Crippen LogP contribution >= 0.6 is 11.8 Å². The zero-order valence-electron chi connectivity index (χ0n) is 14.7. The smallest absolute Gasteiger partial charge is 0.269 e. The molecule has 1 aliphatic rings. The Morgan fingerprint density at radius 3 is 2.61 bits per heavy atom. The van der Waals surface area contributed by atoms with Gasteiger partial charge in [0.2, 0.25) is 5.91 Å². The maximum atomic E-state index is 12.5. The first-order valence-corrected chi connectivity index (χ1v) is 9.75. The maximum Gasteiger partial charge on any atom is 0.269 e. The molecule has 0 saturated carbocycles. The van der Waals surface area contributed by atoms with Crippen LogP contribution in [0.2, 0.25) is 0 Å². The normalized spacial score (nSPS) is 12.9. The highest BCUT2D eigenvalue weighted by atomic mass is 32.2. The second kappa shape index (κ2) is 7.69. The molecule has 28 heavy (non-hydrogen) atoms. The highest BCUT2D eigenvalue weighted by Gasteiger charge is 2.24. The molecule has 0 saturated heterocycles. The summed E-state index contributed by atoms with van der Waals surface area (Å²) in [6.45, 7) is 0. The minimum Gasteiger partial charge on any atom is -0.307 e. The highest BCUT2D eigenvalue weighted by Crippen LogP contribution is 2.36. The lowest BCUT2D eigenvalue weighted by atomic mass is 10.2. The van der Waals surface area contributed by atoms with Crippen LogP contribution < -0.4 is 5.32 Å². The number of carbonyl (C=O) groups excluding carboxylic acids is 1. The highest BCUT2D eigenvalue weighted by molar-refractivity contribution is 7.98. The van der Waals surface area contributed by atoms with E-state index in [-0.39, 0.29) is 11.6 Å². The Hall–Kier alpha value is -3.39. The number of nitro groups is 1. The number of nitrogens with zero attached hydrogens (tertiary/aromatic N) is 3. The molecule has 0 bridgehead atoms. The van der Waals surface area contributed by atoms with Gasteiger partial charge < -0.3 is 5.32 Å². The fraction of sp³-hybridized carbons (Fsp3) is 0.100. The van der Waals surface area contributed by atoms with E-state index in [0.717, 1.165) is 28.3 Å². The first-order valence-electron chi connectivity index (χ1n) is 8.59. The van der Waals surface area contributed by atoms with Gasteiger partial charge in [0.05, 0.1) is 16.3 Å². The predicted octanol–water partition coefficient (Wildman–Crippen LogP) is 4.18. The van der Waals surface area contributed by atoms with Gasteiger partial charge in [-0.15, -0.1) is 0 Å². The molecule has 7 nitrogen and oxygen atoms in total. The van der Waals surface area contributed by atoms with Crippen molar-refractivity contribution < 1.29 is 9.72 Å². The third-order valence-corrected chi connectivity index (χ3v) is 5.30. The molecule has 3 aromatic rings. The van der Waals surface area contributed by atoms with Crippen molar-refractivity contribution in [2.24, 2.45) is 0 Å². The maximum absolute atomic E-state index is 12.5. The summed E-state index contributed by atoms with van der Waals surface area (Å²) in [7, 11) is 0. The number of anilines is 1. The van der Waals surface area contributed by atoms with E-state index >= 15 is 0 Å². The molecule has 0 fully saturated rings. The summed E-state index contributed by atoms with van der Waals surface area (Å²) < 4.78 is 1.64. The number of aromatic nitrogens is 2. The Labute approximate surface area is 165 Å². The number of nitro benzene ring substituents is 1. The molecule has 140 valence electrons. The van der Waals surface area contributed by atoms with Crippen LogP contribution in [-0.2, 0) is 16.3 Å². The first kappa shape index (κ1) is 18.0. The van der Waals surface area contributed by atoms with Gasteiger partial charge in [-0.25, -0.2) is 4.68 Å². The Kier molecular flexibility index (Phi) is 4.94. The van der Waals surface area contributed by atoms with Gasteiger partial charge in [0.1, 0.15) is 5.82 Å². The van der Waals surface area contributed by atoms with Crippen molar-refractivity contribution in [1.29, 1.82) is 0 Å². The molecule has 0 unspecified atom stereocenters. The number of nitrogens with one attached hydrogen (secondary N) is 1. The second-order valence-electron chi connectivity index (χ2n) is 6.19. The standard InChI is InChI=1S/C20H16N4O3S/c25-19(11-6-14-4-2-1-3-5-14)21-20-17-12-28-13-18(17)22-23(20)15-7-9-16(10-8-15)24(26)27/h1-11H,12-13H2,(H,21,25)/b11-6+. The van der Waals surface area contributed by atoms with Crippen molar-refractivity contribution in [3.05, 3.63) is 87.6 Å². The van der Waals surface area contributed by atoms with Crippen LogP contribution in [0.1, 0.15) is 16.8 Å². The Morgan fingerprint density at radius 1 is 1.14 bits per heavy atom. The molecule has 2 heterocycles. The van der Waals surface area contributed by atoms with Crippen molar-refractivity contribution in [2.75, 3.05) is 5.32 Å². The lowest BCUT2D eigenvalue weighted by Crippen LogP contribution is -2.13. The van der Waals surface area contributed by atoms with Crippen LogP contribution in [0.15, 0.2) is 60.7 Å². The van der Waals surface area contributed by atoms with Crippen molar-refractivity contribution in [1.82, 2.24) is 9.78 Å². The summed E-state index contributed by atoms with van der Waals surface area (Å²) in [5, 5.41) is 18.4. The molecule has 4 rings (SSSR count). The van der Waals surface area contributed by atoms with E-state index in [4.69, 9.17) is 0 Å². The number of benzene rings is 2. The molecule has 2 aromatic carbocycles. The number of thioether (sulfide) groups is 1. The minimum atomic E-state index is -0.444. The van der Waals surface area contributed by atoms with E-state index in [1.54, 1.807) is 34.7 Å². The van der Waals surface area contributed by atoms with Crippen LogP contribution in [0, 0.1) is 10.1 Å². The van der Waals surface area contributed by atoms with Gasteiger partial charge in [-0.2, -0.15) is 16.9 Å². The Balaban J connectivity index is 1.62. The largest absolute Gasteiger partial charge is 0.307 e. The molecule has 8 heteroatoms. The Bertz CT molecular complexity index is 1060. The molecule has 0 atom stereocenters. The summed E-state index contributed by atoms with van der Waals surface area (Å²) in [5.41, 5.74) is 3.51.